The first-order valence-corrected chi connectivity index (χ1v) is 5.54. The maximum Gasteiger partial charge on any atom is 0.223 e. The van der Waals surface area contributed by atoms with Crippen LogP contribution in [-0.2, 0) is 7.05 Å². The van der Waals surface area contributed by atoms with Crippen molar-refractivity contribution in [2.75, 3.05) is 5.73 Å². The van der Waals surface area contributed by atoms with Gasteiger partial charge in [-0.2, -0.15) is 10.1 Å². The number of aromatic amines is 1. The number of aromatic nitrogens is 7. The van der Waals surface area contributed by atoms with Gasteiger partial charge in [0, 0.05) is 7.05 Å². The number of hydrogen-bond donors (Lipinski definition) is 2. The number of H-pyrrole nitrogens is 1. The van der Waals surface area contributed by atoms with Crippen LogP contribution in [0.4, 0.5) is 5.95 Å². The lowest BCUT2D eigenvalue weighted by atomic mass is 10.5. The third-order valence-corrected chi connectivity index (χ3v) is 3.17. The van der Waals surface area contributed by atoms with Crippen molar-refractivity contribution in [1.29, 1.82) is 0 Å². The molecule has 0 saturated carbocycles. The van der Waals surface area contributed by atoms with Crippen molar-refractivity contribution in [2.24, 2.45) is 7.05 Å². The van der Waals surface area contributed by atoms with Crippen LogP contribution in [0.25, 0.3) is 11.2 Å². The third kappa shape index (κ3) is 1.69. The molecule has 0 aliphatic heterocycles. The molecule has 17 heavy (non-hydrogen) atoms. The van der Waals surface area contributed by atoms with Crippen LogP contribution in [0, 0.1) is 0 Å². The summed E-state index contributed by atoms with van der Waals surface area (Å²) in [5, 5.41) is 5.39. The molecule has 0 bridgehead atoms. The standard InChI is InChI=1S/C8H8N8S/c1-16-8(12-3-13-16)17-6-4-5(11-2-10-4)14-7(9)15-6/h2-3H,1H3,(H3,9,10,11,14,15). The number of nitrogens with two attached hydrogens (primary N) is 1. The van der Waals surface area contributed by atoms with Gasteiger partial charge >= 0.3 is 0 Å². The summed E-state index contributed by atoms with van der Waals surface area (Å²) in [4.78, 5) is 19.3. The Morgan fingerprint density at radius 3 is 3.00 bits per heavy atom. The van der Waals surface area contributed by atoms with E-state index in [0.29, 0.717) is 10.7 Å². The molecular formula is C8H8N8S. The van der Waals surface area contributed by atoms with Crippen LogP contribution in [0.2, 0.25) is 0 Å². The number of nitrogen functional groups attached to an aromatic ring is 1. The van der Waals surface area contributed by atoms with Gasteiger partial charge in [-0.1, -0.05) is 0 Å². The molecule has 3 aromatic heterocycles. The number of nitrogens with one attached hydrogen (secondary N) is 1. The van der Waals surface area contributed by atoms with E-state index in [-0.39, 0.29) is 5.95 Å². The highest BCUT2D eigenvalue weighted by atomic mass is 32.2. The molecule has 8 nitrogen and oxygen atoms in total. The zero-order chi connectivity index (χ0) is 11.8. The second-order valence-corrected chi connectivity index (χ2v) is 4.21. The first-order valence-electron chi connectivity index (χ1n) is 4.72. The lowest BCUT2D eigenvalue weighted by Crippen LogP contribution is -1.98. The van der Waals surface area contributed by atoms with E-state index in [4.69, 9.17) is 5.73 Å². The van der Waals surface area contributed by atoms with E-state index >= 15 is 0 Å². The summed E-state index contributed by atoms with van der Waals surface area (Å²) in [6.45, 7) is 0. The van der Waals surface area contributed by atoms with Crippen LogP contribution in [0.3, 0.4) is 0 Å². The summed E-state index contributed by atoms with van der Waals surface area (Å²) in [7, 11) is 1.81. The van der Waals surface area contributed by atoms with E-state index in [0.717, 1.165) is 10.7 Å². The van der Waals surface area contributed by atoms with E-state index in [1.807, 2.05) is 7.05 Å². The van der Waals surface area contributed by atoms with Crippen molar-refractivity contribution in [3.05, 3.63) is 12.7 Å². The molecule has 0 atom stereocenters. The molecule has 0 amide bonds. The normalized spacial score (nSPS) is 11.1. The smallest absolute Gasteiger partial charge is 0.223 e. The lowest BCUT2D eigenvalue weighted by Gasteiger charge is -2.01. The van der Waals surface area contributed by atoms with Gasteiger partial charge in [-0.3, -0.25) is 0 Å². The lowest BCUT2D eigenvalue weighted by molar-refractivity contribution is 0.685. The SMILES string of the molecule is Cn1ncnc1Sc1nc(N)nc2nc[nH]c12. The number of anilines is 1. The fraction of sp³-hybridized carbons (Fsp3) is 0.125. The molecule has 3 heterocycles. The van der Waals surface area contributed by atoms with Crippen LogP contribution in [0.15, 0.2) is 22.8 Å². The highest BCUT2D eigenvalue weighted by Crippen LogP contribution is 2.28. The molecule has 0 aliphatic rings. The van der Waals surface area contributed by atoms with Gasteiger partial charge in [-0.25, -0.2) is 19.6 Å². The van der Waals surface area contributed by atoms with Crippen molar-refractivity contribution in [2.45, 2.75) is 10.2 Å². The number of nitrogens with zero attached hydrogens (tertiary/aromatic N) is 6. The van der Waals surface area contributed by atoms with Gasteiger partial charge in [0.2, 0.25) is 5.95 Å². The molecular weight excluding hydrogens is 240 g/mol. The van der Waals surface area contributed by atoms with Crippen LogP contribution >= 0.6 is 11.8 Å². The molecule has 0 saturated heterocycles. The largest absolute Gasteiger partial charge is 0.368 e. The van der Waals surface area contributed by atoms with Crippen molar-refractivity contribution in [3.8, 4) is 0 Å². The van der Waals surface area contributed by atoms with Crippen LogP contribution in [0.5, 0.6) is 0 Å². The molecule has 0 unspecified atom stereocenters. The van der Waals surface area contributed by atoms with Gasteiger partial charge in [0.05, 0.1) is 6.33 Å². The van der Waals surface area contributed by atoms with Gasteiger partial charge in [0.25, 0.3) is 0 Å². The Balaban J connectivity index is 2.11. The molecule has 0 aliphatic carbocycles. The zero-order valence-corrected chi connectivity index (χ0v) is 9.64. The van der Waals surface area contributed by atoms with Gasteiger partial charge < -0.3 is 10.7 Å². The monoisotopic (exact) mass is 248 g/mol. The molecule has 86 valence electrons. The highest BCUT2D eigenvalue weighted by Gasteiger charge is 2.12. The minimum absolute atomic E-state index is 0.189. The highest BCUT2D eigenvalue weighted by molar-refractivity contribution is 7.99. The molecule has 3 aromatic rings. The molecule has 3 rings (SSSR count). The summed E-state index contributed by atoms with van der Waals surface area (Å²) in [6.07, 6.45) is 3.04. The van der Waals surface area contributed by atoms with Crippen LogP contribution in [0.1, 0.15) is 0 Å². The number of aryl methyl sites for hydroxylation is 1. The van der Waals surface area contributed by atoms with Gasteiger partial charge in [0.1, 0.15) is 16.9 Å². The van der Waals surface area contributed by atoms with E-state index in [1.54, 1.807) is 11.0 Å². The minimum atomic E-state index is 0.189. The number of rotatable bonds is 2. The number of fused-ring (bicyclic) bond motifs is 1. The fourth-order valence-electron chi connectivity index (χ4n) is 1.36. The van der Waals surface area contributed by atoms with Crippen LogP contribution < -0.4 is 5.73 Å². The summed E-state index contributed by atoms with van der Waals surface area (Å²) < 4.78 is 1.66. The minimum Gasteiger partial charge on any atom is -0.368 e. The fourth-order valence-corrected chi connectivity index (χ4v) is 2.20. The Morgan fingerprint density at radius 1 is 1.35 bits per heavy atom. The topological polar surface area (TPSA) is 111 Å². The molecule has 0 aromatic carbocycles. The predicted molar refractivity (Wildman–Crippen MR) is 61.2 cm³/mol. The number of hydrogen-bond acceptors (Lipinski definition) is 7. The first-order chi connectivity index (χ1) is 8.24. The van der Waals surface area contributed by atoms with E-state index in [1.165, 1.54) is 18.1 Å². The van der Waals surface area contributed by atoms with Gasteiger partial charge in [-0.05, 0) is 11.8 Å². The number of imidazole rings is 1. The Hall–Kier alpha value is -2.16. The van der Waals surface area contributed by atoms with Crippen LogP contribution in [-0.4, -0.2) is 34.7 Å². The summed E-state index contributed by atoms with van der Waals surface area (Å²) in [5.74, 6) is 0.189. The summed E-state index contributed by atoms with van der Waals surface area (Å²) in [6, 6.07) is 0. The Bertz CT molecular complexity index is 671. The van der Waals surface area contributed by atoms with Crippen molar-refractivity contribution in [1.82, 2.24) is 34.7 Å². The Morgan fingerprint density at radius 2 is 2.24 bits per heavy atom. The second kappa shape index (κ2) is 3.70. The molecule has 0 fully saturated rings. The Kier molecular flexibility index (Phi) is 2.18. The summed E-state index contributed by atoms with van der Waals surface area (Å²) in [5.41, 5.74) is 6.91. The molecule has 9 heteroatoms. The van der Waals surface area contributed by atoms with E-state index < -0.39 is 0 Å². The van der Waals surface area contributed by atoms with E-state index in [2.05, 4.69) is 30.0 Å². The average Bonchev–Trinajstić information content (AvgIpc) is 2.88. The zero-order valence-electron chi connectivity index (χ0n) is 8.82. The molecule has 3 N–H and O–H groups in total. The van der Waals surface area contributed by atoms with Crippen molar-refractivity contribution < 1.29 is 0 Å². The average molecular weight is 248 g/mol. The molecule has 0 radical (unpaired) electrons. The molecule has 0 spiro atoms. The van der Waals surface area contributed by atoms with Crippen molar-refractivity contribution >= 4 is 28.9 Å². The summed E-state index contributed by atoms with van der Waals surface area (Å²) >= 11 is 1.36. The second-order valence-electron chi connectivity index (χ2n) is 3.26. The third-order valence-electron chi connectivity index (χ3n) is 2.13. The first kappa shape index (κ1) is 10.0. The quantitative estimate of drug-likeness (QED) is 0.624. The Labute approximate surface area is 99.7 Å². The van der Waals surface area contributed by atoms with E-state index in [9.17, 15) is 0 Å². The maximum atomic E-state index is 5.62. The predicted octanol–water partition coefficient (Wildman–Crippen LogP) is 0.215. The van der Waals surface area contributed by atoms with Gasteiger partial charge in [0.15, 0.2) is 10.8 Å². The maximum absolute atomic E-state index is 5.62. The van der Waals surface area contributed by atoms with Gasteiger partial charge in [-0.15, -0.1) is 0 Å². The van der Waals surface area contributed by atoms with Crippen molar-refractivity contribution in [3.63, 3.8) is 0 Å².